The van der Waals surface area contributed by atoms with Crippen LogP contribution in [-0.4, -0.2) is 88.6 Å². The van der Waals surface area contributed by atoms with Crippen LogP contribution in [0.3, 0.4) is 0 Å². The van der Waals surface area contributed by atoms with Crippen LogP contribution in [0.2, 0.25) is 0 Å². The van der Waals surface area contributed by atoms with Crippen molar-refractivity contribution in [1.82, 2.24) is 20.0 Å². The second kappa shape index (κ2) is 12.2. The van der Waals surface area contributed by atoms with E-state index in [-0.39, 0.29) is 17.5 Å². The lowest BCUT2D eigenvalue weighted by Gasteiger charge is -2.50. The van der Waals surface area contributed by atoms with Crippen LogP contribution < -0.4 is 5.32 Å². The van der Waals surface area contributed by atoms with Crippen molar-refractivity contribution < 1.29 is 14.6 Å². The van der Waals surface area contributed by atoms with Crippen molar-refractivity contribution in [3.63, 3.8) is 0 Å². The van der Waals surface area contributed by atoms with Crippen molar-refractivity contribution in [2.24, 2.45) is 5.92 Å². The van der Waals surface area contributed by atoms with Crippen LogP contribution in [0.1, 0.15) is 89.7 Å². The molecule has 4 aliphatic heterocycles. The molecule has 0 saturated carbocycles. The molecule has 6 rings (SSSR count). The van der Waals surface area contributed by atoms with Gasteiger partial charge in [-0.05, 0) is 89.5 Å². The first kappa shape index (κ1) is 28.4. The molecule has 40 heavy (non-hydrogen) atoms. The Morgan fingerprint density at radius 1 is 1.10 bits per heavy atom. The lowest BCUT2D eigenvalue weighted by molar-refractivity contribution is -0.118. The number of benzene rings is 1. The summed E-state index contributed by atoms with van der Waals surface area (Å²) in [5.41, 5.74) is 2.20. The molecule has 4 fully saturated rings. The summed E-state index contributed by atoms with van der Waals surface area (Å²) in [4.78, 5) is 20.7. The van der Waals surface area contributed by atoms with Crippen molar-refractivity contribution in [2.75, 3.05) is 32.8 Å². The van der Waals surface area contributed by atoms with Crippen molar-refractivity contribution in [3.8, 4) is 0 Å². The van der Waals surface area contributed by atoms with E-state index in [1.165, 1.54) is 18.4 Å². The van der Waals surface area contributed by atoms with Gasteiger partial charge < -0.3 is 15.2 Å². The topological polar surface area (TPSA) is 68.3 Å². The fraction of sp³-hybridized carbons (Fsp3) is 0.727. The summed E-state index contributed by atoms with van der Waals surface area (Å²) in [5.74, 6) is 0.735. The third-order valence-corrected chi connectivity index (χ3v) is 10.5. The van der Waals surface area contributed by atoms with Crippen molar-refractivity contribution in [1.29, 1.82) is 0 Å². The predicted octanol–water partition coefficient (Wildman–Crippen LogP) is 4.44. The van der Waals surface area contributed by atoms with Gasteiger partial charge in [-0.1, -0.05) is 36.4 Å². The quantitative estimate of drug-likeness (QED) is 0.474. The number of nitrogens with one attached hydrogen (secondary N) is 1. The first-order valence-corrected chi connectivity index (χ1v) is 16.0. The van der Waals surface area contributed by atoms with Crippen molar-refractivity contribution in [3.05, 3.63) is 47.5 Å². The summed E-state index contributed by atoms with van der Waals surface area (Å²) in [6.07, 6.45) is 12.5. The molecule has 0 aromatic heterocycles. The first-order valence-electron chi connectivity index (χ1n) is 16.0. The number of piperidine rings is 1. The van der Waals surface area contributed by atoms with E-state index in [1.54, 1.807) is 0 Å². The Balaban J connectivity index is 1.13. The molecule has 5 aliphatic rings. The summed E-state index contributed by atoms with van der Waals surface area (Å²) in [6.45, 7) is 9.17. The average molecular weight is 551 g/mol. The number of fused-ring (bicyclic) bond motifs is 2. The van der Waals surface area contributed by atoms with Gasteiger partial charge in [-0.3, -0.25) is 19.5 Å². The van der Waals surface area contributed by atoms with Gasteiger partial charge in [0.25, 0.3) is 0 Å². The fourth-order valence-electron chi connectivity index (χ4n) is 8.73. The molecule has 1 aromatic carbocycles. The molecule has 4 heterocycles. The van der Waals surface area contributed by atoms with Crippen molar-refractivity contribution in [2.45, 2.75) is 114 Å². The summed E-state index contributed by atoms with van der Waals surface area (Å²) in [5, 5.41) is 15.0. The van der Waals surface area contributed by atoms with Crippen LogP contribution in [0.25, 0.3) is 0 Å². The zero-order valence-corrected chi connectivity index (χ0v) is 24.6. The maximum Gasteiger partial charge on any atom is 0.247 e. The molecule has 1 aromatic rings. The lowest BCUT2D eigenvalue weighted by Crippen LogP contribution is -2.61. The number of carbonyl (C=O) groups excluding carboxylic acids is 1. The molecule has 7 nitrogen and oxygen atoms in total. The molecule has 220 valence electrons. The number of hydrogen-bond donors (Lipinski definition) is 2. The monoisotopic (exact) mass is 550 g/mol. The van der Waals surface area contributed by atoms with Crippen LogP contribution in [0, 0.1) is 5.92 Å². The highest BCUT2D eigenvalue weighted by molar-refractivity contribution is 5.94. The molecule has 2 bridgehead atoms. The van der Waals surface area contributed by atoms with Gasteiger partial charge in [-0.2, -0.15) is 0 Å². The van der Waals surface area contributed by atoms with Crippen LogP contribution >= 0.6 is 0 Å². The molecular weight excluding hydrogens is 500 g/mol. The zero-order valence-electron chi connectivity index (χ0n) is 24.6. The molecule has 4 atom stereocenters. The van der Waals surface area contributed by atoms with E-state index in [9.17, 15) is 9.90 Å². The van der Waals surface area contributed by atoms with Gasteiger partial charge in [0.2, 0.25) is 5.91 Å². The molecule has 2 N–H and O–H groups in total. The number of ether oxygens (including phenoxy) is 1. The van der Waals surface area contributed by atoms with E-state index in [1.807, 2.05) is 6.07 Å². The largest absolute Gasteiger partial charge is 0.381 e. The second-order valence-corrected chi connectivity index (χ2v) is 13.4. The number of nitrogens with zero attached hydrogens (tertiary/aromatic N) is 3. The van der Waals surface area contributed by atoms with Gasteiger partial charge in [0.05, 0.1) is 6.04 Å². The first-order chi connectivity index (χ1) is 19.4. The highest BCUT2D eigenvalue weighted by Crippen LogP contribution is 2.48. The van der Waals surface area contributed by atoms with Gasteiger partial charge in [-0.25, -0.2) is 0 Å². The third-order valence-electron chi connectivity index (χ3n) is 10.5. The minimum atomic E-state index is -0.489. The number of rotatable bonds is 9. The number of amides is 1. The molecule has 4 saturated heterocycles. The Morgan fingerprint density at radius 3 is 2.48 bits per heavy atom. The number of allylic oxidation sites excluding steroid dienone is 1. The fourth-order valence-corrected chi connectivity index (χ4v) is 8.73. The summed E-state index contributed by atoms with van der Waals surface area (Å²) in [7, 11) is 0. The van der Waals surface area contributed by atoms with E-state index in [2.05, 4.69) is 64.2 Å². The number of aliphatic hydroxyl groups is 1. The standard InChI is InChI=1S/C33H50N4O3/c1-24(2)37-32(39)35(22-25-15-18-40-19-16-25)23-33(37)20-28-12-13-29(21-33)36(28)17-14-30(26-8-4-3-5-9-26)34-31(38)27-10-6-7-11-27/h3-5,8-10,24-25,28-30,32,39H,6-7,11-23H2,1-2H3,(H,34,38). The predicted molar refractivity (Wildman–Crippen MR) is 157 cm³/mol. The zero-order chi connectivity index (χ0) is 27.7. The molecule has 4 unspecified atom stereocenters. The van der Waals surface area contributed by atoms with E-state index in [4.69, 9.17) is 4.74 Å². The Hall–Kier alpha value is -1.77. The number of hydrogen-bond acceptors (Lipinski definition) is 6. The molecular formula is C33H50N4O3. The highest BCUT2D eigenvalue weighted by atomic mass is 16.5. The SMILES string of the molecule is CC(C)N1C(O)N(CC2CCOCC2)CC12CC1CCC(C2)N1CCC(NC(=O)C1=CCCC1)c1ccccc1. The Bertz CT molecular complexity index is 1030. The van der Waals surface area contributed by atoms with Crippen LogP contribution in [-0.2, 0) is 9.53 Å². The summed E-state index contributed by atoms with van der Waals surface area (Å²) < 4.78 is 5.60. The summed E-state index contributed by atoms with van der Waals surface area (Å²) in [6, 6.07) is 11.9. The number of aliphatic hydroxyl groups excluding tert-OH is 1. The third kappa shape index (κ3) is 5.78. The normalized spacial score (nSPS) is 32.7. The maximum atomic E-state index is 13.1. The maximum absolute atomic E-state index is 13.1. The number of carbonyl (C=O) groups is 1. The van der Waals surface area contributed by atoms with Crippen LogP contribution in [0.15, 0.2) is 42.0 Å². The molecule has 1 spiro atoms. The van der Waals surface area contributed by atoms with Crippen molar-refractivity contribution >= 4 is 5.91 Å². The minimum absolute atomic E-state index is 0.0286. The second-order valence-electron chi connectivity index (χ2n) is 13.4. The lowest BCUT2D eigenvalue weighted by atomic mass is 9.81. The van der Waals surface area contributed by atoms with E-state index >= 15 is 0 Å². The van der Waals surface area contributed by atoms with Gasteiger partial charge in [-0.15, -0.1) is 0 Å². The Labute approximate surface area is 240 Å². The summed E-state index contributed by atoms with van der Waals surface area (Å²) >= 11 is 0. The van der Waals surface area contributed by atoms with Gasteiger partial charge in [0.15, 0.2) is 6.35 Å². The Morgan fingerprint density at radius 2 is 1.82 bits per heavy atom. The smallest absolute Gasteiger partial charge is 0.247 e. The van der Waals surface area contributed by atoms with Crippen LogP contribution in [0.4, 0.5) is 0 Å². The van der Waals surface area contributed by atoms with Gasteiger partial charge in [0.1, 0.15) is 0 Å². The molecule has 1 aliphatic carbocycles. The molecule has 1 amide bonds. The van der Waals surface area contributed by atoms with E-state index < -0.39 is 6.35 Å². The molecule has 7 heteroatoms. The van der Waals surface area contributed by atoms with Crippen LogP contribution in [0.5, 0.6) is 0 Å². The average Bonchev–Trinajstić information content (AvgIpc) is 3.64. The van der Waals surface area contributed by atoms with E-state index in [0.717, 1.165) is 89.8 Å². The minimum Gasteiger partial charge on any atom is -0.381 e. The Kier molecular flexibility index (Phi) is 8.66. The van der Waals surface area contributed by atoms with Gasteiger partial charge in [0, 0.05) is 62.1 Å². The van der Waals surface area contributed by atoms with Gasteiger partial charge >= 0.3 is 0 Å². The molecule has 0 radical (unpaired) electrons. The van der Waals surface area contributed by atoms with E-state index in [0.29, 0.717) is 24.0 Å². The highest BCUT2D eigenvalue weighted by Gasteiger charge is 2.57.